The molecular formula is C27H30F6N6O4. The van der Waals surface area contributed by atoms with Crippen molar-refractivity contribution in [1.82, 2.24) is 15.3 Å². The van der Waals surface area contributed by atoms with E-state index in [2.05, 4.69) is 25.7 Å². The second kappa shape index (κ2) is 14.1. The fourth-order valence-electron chi connectivity index (χ4n) is 4.35. The summed E-state index contributed by atoms with van der Waals surface area (Å²) >= 11 is 0. The molecule has 1 aliphatic rings. The molecule has 0 spiro atoms. The molecule has 0 radical (unpaired) electrons. The molecule has 1 aromatic heterocycles. The quantitative estimate of drug-likeness (QED) is 0.237. The number of aromatic nitrogens is 2. The number of anilines is 3. The summed E-state index contributed by atoms with van der Waals surface area (Å²) in [5, 5.41) is 16.8. The average Bonchev–Trinajstić information content (AvgIpc) is 2.92. The molecule has 0 bridgehead atoms. The molecule has 0 atom stereocenters. The van der Waals surface area contributed by atoms with Crippen molar-refractivity contribution >= 4 is 40.4 Å². The topological polar surface area (TPSA) is 129 Å². The Hall–Kier alpha value is -4.50. The Morgan fingerprint density at radius 1 is 0.953 bits per heavy atom. The van der Waals surface area contributed by atoms with Crippen molar-refractivity contribution in [3.63, 3.8) is 0 Å². The summed E-state index contributed by atoms with van der Waals surface area (Å²) in [5.74, 6) is -1.50. The maximum Gasteiger partial charge on any atom is 0.573 e. The second-order valence-corrected chi connectivity index (χ2v) is 9.83. The van der Waals surface area contributed by atoms with Crippen molar-refractivity contribution in [2.24, 2.45) is 5.92 Å². The zero-order chi connectivity index (χ0) is 31.8. The summed E-state index contributed by atoms with van der Waals surface area (Å²) in [5.41, 5.74) is 0.831. The molecule has 4 N–H and O–H groups in total. The van der Waals surface area contributed by atoms with Crippen LogP contribution in [-0.4, -0.2) is 66.3 Å². The molecule has 1 aliphatic carbocycles. The number of hydrogen-bond acceptors (Lipinski definition) is 7. The first-order chi connectivity index (χ1) is 20.1. The van der Waals surface area contributed by atoms with Crippen molar-refractivity contribution in [3.8, 4) is 5.75 Å². The molecule has 3 aromatic rings. The fraction of sp³-hybridized carbons (Fsp3) is 0.407. The number of carboxylic acid groups (broad SMARTS) is 1. The maximum atomic E-state index is 12.6. The first-order valence-corrected chi connectivity index (χ1v) is 13.0. The Labute approximate surface area is 242 Å². The van der Waals surface area contributed by atoms with Gasteiger partial charge in [0.05, 0.1) is 11.2 Å². The van der Waals surface area contributed by atoms with E-state index in [0.29, 0.717) is 12.5 Å². The Morgan fingerprint density at radius 2 is 1.56 bits per heavy atom. The van der Waals surface area contributed by atoms with Gasteiger partial charge in [0.15, 0.2) is 5.75 Å². The molecule has 1 heterocycles. The number of benzene rings is 2. The second-order valence-electron chi connectivity index (χ2n) is 9.83. The van der Waals surface area contributed by atoms with Gasteiger partial charge in [0, 0.05) is 32.1 Å². The number of para-hydroxylation sites is 3. The molecule has 234 valence electrons. The molecule has 16 heteroatoms. The van der Waals surface area contributed by atoms with Crippen LogP contribution in [0, 0.1) is 5.92 Å². The van der Waals surface area contributed by atoms with Crippen molar-refractivity contribution in [3.05, 3.63) is 48.5 Å². The molecule has 4 rings (SSSR count). The number of fused-ring (bicyclic) bond motifs is 1. The van der Waals surface area contributed by atoms with Crippen LogP contribution in [0.5, 0.6) is 5.75 Å². The lowest BCUT2D eigenvalue weighted by Crippen LogP contribution is -2.36. The number of rotatable bonds is 7. The maximum absolute atomic E-state index is 12.6. The number of carbonyl (C=O) groups is 2. The molecule has 0 aliphatic heterocycles. The van der Waals surface area contributed by atoms with Gasteiger partial charge >= 0.3 is 24.5 Å². The van der Waals surface area contributed by atoms with Gasteiger partial charge < -0.3 is 30.7 Å². The van der Waals surface area contributed by atoms with E-state index in [-0.39, 0.29) is 17.6 Å². The number of carboxylic acids is 1. The van der Waals surface area contributed by atoms with Crippen LogP contribution >= 0.6 is 0 Å². The van der Waals surface area contributed by atoms with Gasteiger partial charge in [0.1, 0.15) is 5.82 Å². The standard InChI is InChI=1S/C25H29F3N6O2.C2HF3O2/c1-34(2)22-18-7-3-4-8-19(18)31-23(33-22)30-17-13-11-16(12-14-17)15-29-24(35)32-20-9-5-6-10-21(20)36-25(26,27)28;3-2(4,5)1(6)7/h3-10,16-17H,11-15H2,1-2H3,(H2,29,32,35)(H,30,31,33);(H,6,7). The number of hydrogen-bond donors (Lipinski definition) is 4. The number of urea groups is 1. The van der Waals surface area contributed by atoms with Crippen molar-refractivity contribution in [2.45, 2.75) is 44.3 Å². The van der Waals surface area contributed by atoms with E-state index in [4.69, 9.17) is 14.9 Å². The largest absolute Gasteiger partial charge is 0.573 e. The first-order valence-electron chi connectivity index (χ1n) is 13.0. The van der Waals surface area contributed by atoms with E-state index in [1.54, 1.807) is 0 Å². The van der Waals surface area contributed by atoms with Crippen LogP contribution in [0.25, 0.3) is 10.9 Å². The monoisotopic (exact) mass is 616 g/mol. The number of nitrogens with zero attached hydrogens (tertiary/aromatic N) is 3. The highest BCUT2D eigenvalue weighted by molar-refractivity contribution is 5.91. The van der Waals surface area contributed by atoms with Crippen LogP contribution in [0.2, 0.25) is 0 Å². The Morgan fingerprint density at radius 3 is 2.16 bits per heavy atom. The Bertz CT molecular complexity index is 1390. The SMILES string of the molecule is CN(C)c1nc(NC2CCC(CNC(=O)Nc3ccccc3OC(F)(F)F)CC2)nc2ccccc12.O=C(O)C(F)(F)F. The normalized spacial score (nSPS) is 16.8. The van der Waals surface area contributed by atoms with Gasteiger partial charge in [0.2, 0.25) is 5.95 Å². The summed E-state index contributed by atoms with van der Waals surface area (Å²) in [4.78, 5) is 32.5. The number of nitrogens with one attached hydrogen (secondary N) is 3. The zero-order valence-corrected chi connectivity index (χ0v) is 23.1. The fourth-order valence-corrected chi connectivity index (χ4v) is 4.35. The number of amides is 2. The molecule has 43 heavy (non-hydrogen) atoms. The lowest BCUT2D eigenvalue weighted by Gasteiger charge is -2.29. The van der Waals surface area contributed by atoms with Gasteiger partial charge in [-0.05, 0) is 55.9 Å². The lowest BCUT2D eigenvalue weighted by atomic mass is 9.86. The molecular weight excluding hydrogens is 586 g/mol. The first kappa shape index (κ1) is 33.0. The summed E-state index contributed by atoms with van der Waals surface area (Å²) in [6.07, 6.45) is -6.36. The predicted octanol–water partition coefficient (Wildman–Crippen LogP) is 6.02. The van der Waals surface area contributed by atoms with Crippen LogP contribution in [0.4, 0.5) is 48.6 Å². The summed E-state index contributed by atoms with van der Waals surface area (Å²) in [6, 6.07) is 13.0. The third-order valence-electron chi connectivity index (χ3n) is 6.34. The van der Waals surface area contributed by atoms with Gasteiger partial charge in [-0.25, -0.2) is 14.6 Å². The minimum Gasteiger partial charge on any atom is -0.475 e. The zero-order valence-electron chi connectivity index (χ0n) is 23.1. The molecule has 2 amide bonds. The molecule has 0 saturated heterocycles. The highest BCUT2D eigenvalue weighted by Gasteiger charge is 2.38. The van der Waals surface area contributed by atoms with Crippen LogP contribution in [0.15, 0.2) is 48.5 Å². The number of ether oxygens (including phenoxy) is 1. The smallest absolute Gasteiger partial charge is 0.475 e. The molecule has 10 nitrogen and oxygen atoms in total. The third-order valence-corrected chi connectivity index (χ3v) is 6.34. The van der Waals surface area contributed by atoms with Crippen LogP contribution < -0.4 is 25.6 Å². The van der Waals surface area contributed by atoms with Crippen LogP contribution in [0.1, 0.15) is 25.7 Å². The Kier molecular flexibility index (Phi) is 10.8. The van der Waals surface area contributed by atoms with Gasteiger partial charge in [0.25, 0.3) is 0 Å². The van der Waals surface area contributed by atoms with Gasteiger partial charge in [-0.15, -0.1) is 13.2 Å². The molecule has 0 unspecified atom stereocenters. The number of carbonyl (C=O) groups excluding carboxylic acids is 1. The molecule has 2 aromatic carbocycles. The highest BCUT2D eigenvalue weighted by Crippen LogP contribution is 2.31. The number of alkyl halides is 6. The number of aliphatic carboxylic acids is 1. The van der Waals surface area contributed by atoms with E-state index in [9.17, 15) is 31.1 Å². The predicted molar refractivity (Wildman–Crippen MR) is 147 cm³/mol. The van der Waals surface area contributed by atoms with Crippen molar-refractivity contribution in [1.29, 1.82) is 0 Å². The lowest BCUT2D eigenvalue weighted by molar-refractivity contribution is -0.274. The minimum absolute atomic E-state index is 0.0484. The Balaban J connectivity index is 0.000000646. The molecule has 1 fully saturated rings. The van der Waals surface area contributed by atoms with E-state index in [1.165, 1.54) is 18.2 Å². The molecule has 1 saturated carbocycles. The van der Waals surface area contributed by atoms with Gasteiger partial charge in [-0.1, -0.05) is 24.3 Å². The van der Waals surface area contributed by atoms with Crippen LogP contribution in [-0.2, 0) is 4.79 Å². The van der Waals surface area contributed by atoms with Crippen LogP contribution in [0.3, 0.4) is 0 Å². The number of halogens is 6. The van der Waals surface area contributed by atoms with Gasteiger partial charge in [-0.3, -0.25) is 0 Å². The average molecular weight is 617 g/mol. The summed E-state index contributed by atoms with van der Waals surface area (Å²) in [7, 11) is 3.91. The van der Waals surface area contributed by atoms with E-state index < -0.39 is 30.3 Å². The summed E-state index contributed by atoms with van der Waals surface area (Å²) in [6.45, 7) is 0.429. The van der Waals surface area contributed by atoms with Gasteiger partial charge in [-0.2, -0.15) is 18.2 Å². The highest BCUT2D eigenvalue weighted by atomic mass is 19.4. The van der Waals surface area contributed by atoms with Crippen molar-refractivity contribution < 1.29 is 45.8 Å². The van der Waals surface area contributed by atoms with E-state index in [0.717, 1.165) is 48.5 Å². The van der Waals surface area contributed by atoms with E-state index in [1.807, 2.05) is 43.3 Å². The van der Waals surface area contributed by atoms with E-state index >= 15 is 0 Å². The third kappa shape index (κ3) is 10.4. The van der Waals surface area contributed by atoms with Crippen molar-refractivity contribution in [2.75, 3.05) is 36.2 Å². The minimum atomic E-state index is -5.08. The summed E-state index contributed by atoms with van der Waals surface area (Å²) < 4.78 is 73.4.